The van der Waals surface area contributed by atoms with Crippen LogP contribution in [0.5, 0.6) is 0 Å². The average molecular weight is 561 g/mol. The van der Waals surface area contributed by atoms with E-state index in [0.717, 1.165) is 29.8 Å². The summed E-state index contributed by atoms with van der Waals surface area (Å²) >= 11 is 0. The number of anilines is 2. The number of pyridine rings is 1. The minimum absolute atomic E-state index is 0.0792. The number of allylic oxidation sites excluding steroid dienone is 1. The number of halogens is 2. The number of nitrogens with one attached hydrogen (secondary N) is 4. The number of aromatic nitrogens is 3. The number of carbonyl (C=O) groups is 1. The third-order valence-electron chi connectivity index (χ3n) is 7.54. The molecule has 1 fully saturated rings. The zero-order chi connectivity index (χ0) is 29.9. The van der Waals surface area contributed by atoms with Crippen LogP contribution in [-0.4, -0.2) is 38.7 Å². The van der Waals surface area contributed by atoms with E-state index in [-0.39, 0.29) is 41.1 Å². The second-order valence-corrected chi connectivity index (χ2v) is 11.1. The first-order chi connectivity index (χ1) is 19.4. The molecule has 6 N–H and O–H groups in total. The van der Waals surface area contributed by atoms with Gasteiger partial charge in [0.25, 0.3) is 0 Å². The molecule has 1 aliphatic carbocycles. The van der Waals surface area contributed by atoms with Crippen molar-refractivity contribution in [2.24, 2.45) is 11.7 Å². The highest BCUT2D eigenvalue weighted by Crippen LogP contribution is 2.39. The van der Waals surface area contributed by atoms with Crippen LogP contribution in [-0.2, 0) is 10.2 Å². The molecule has 0 spiro atoms. The summed E-state index contributed by atoms with van der Waals surface area (Å²) < 4.78 is 29.5. The Hall–Kier alpha value is -4.43. The number of nitrogens with zero attached hydrogens (tertiary/aromatic N) is 3. The van der Waals surface area contributed by atoms with Crippen molar-refractivity contribution in [2.75, 3.05) is 5.32 Å². The lowest BCUT2D eigenvalue weighted by atomic mass is 9.73. The van der Waals surface area contributed by atoms with Gasteiger partial charge in [-0.1, -0.05) is 6.92 Å². The number of imidazole rings is 1. The van der Waals surface area contributed by atoms with Gasteiger partial charge >= 0.3 is 0 Å². The minimum atomic E-state index is -1.07. The standard InChI is InChI=1S/C30H34F2N8O/c1-16-9-18(10-25(35)28(16)38-17(2)41)21-7-8-36-14-26(21)40-29-37-13-20(39-29)5-6-24(34)27-22(31)11-19(12-23(27)32)30(3,4)15-33/h5-8,11-14,16,18,25,28,34H,9-10,35H2,1-4H3,(H,38,41)(H2,37,39,40)/b6-5-,34-24?. The largest absolute Gasteiger partial charge is 0.352 e. The summed E-state index contributed by atoms with van der Waals surface area (Å²) in [6.45, 7) is 6.72. The summed E-state index contributed by atoms with van der Waals surface area (Å²) in [6, 6.07) is 5.88. The molecule has 2 aromatic heterocycles. The number of rotatable bonds is 8. The highest BCUT2D eigenvalue weighted by molar-refractivity contribution is 6.09. The van der Waals surface area contributed by atoms with Gasteiger partial charge in [0.1, 0.15) is 11.6 Å². The molecule has 0 aliphatic heterocycles. The zero-order valence-electron chi connectivity index (χ0n) is 23.4. The fourth-order valence-electron chi connectivity index (χ4n) is 5.32. The Morgan fingerprint density at radius 3 is 2.61 bits per heavy atom. The maximum Gasteiger partial charge on any atom is 0.217 e. The summed E-state index contributed by atoms with van der Waals surface area (Å²) in [7, 11) is 0. The third-order valence-corrected chi connectivity index (χ3v) is 7.54. The van der Waals surface area contributed by atoms with Crippen LogP contribution in [0.25, 0.3) is 6.08 Å². The molecule has 1 saturated carbocycles. The minimum Gasteiger partial charge on any atom is -0.352 e. The zero-order valence-corrected chi connectivity index (χ0v) is 23.4. The molecule has 9 nitrogen and oxygen atoms in total. The number of carbonyl (C=O) groups excluding carboxylic acids is 1. The number of hydrogen-bond donors (Lipinski definition) is 5. The number of hydrogen-bond acceptors (Lipinski definition) is 7. The smallest absolute Gasteiger partial charge is 0.217 e. The highest BCUT2D eigenvalue weighted by atomic mass is 19.1. The van der Waals surface area contributed by atoms with Gasteiger partial charge in [-0.3, -0.25) is 9.78 Å². The van der Waals surface area contributed by atoms with Crippen molar-refractivity contribution < 1.29 is 13.6 Å². The molecule has 11 heteroatoms. The lowest BCUT2D eigenvalue weighted by molar-refractivity contribution is -0.120. The van der Waals surface area contributed by atoms with Crippen LogP contribution >= 0.6 is 0 Å². The normalized spacial score (nSPS) is 20.9. The quantitative estimate of drug-likeness (QED) is 0.243. The first-order valence-electron chi connectivity index (χ1n) is 13.4. The number of nitrogens with two attached hydrogens (primary N) is 1. The topological polar surface area (TPSA) is 156 Å². The lowest BCUT2D eigenvalue weighted by Gasteiger charge is -2.39. The van der Waals surface area contributed by atoms with Crippen molar-refractivity contribution in [3.8, 4) is 6.07 Å². The van der Waals surface area contributed by atoms with Crippen molar-refractivity contribution in [1.82, 2.24) is 20.3 Å². The molecule has 0 bridgehead atoms. The van der Waals surface area contributed by atoms with E-state index in [2.05, 4.69) is 32.5 Å². The maximum absolute atomic E-state index is 14.7. The van der Waals surface area contributed by atoms with E-state index in [1.54, 1.807) is 26.2 Å². The maximum atomic E-state index is 14.7. The van der Waals surface area contributed by atoms with Crippen LogP contribution in [0.15, 0.2) is 42.9 Å². The molecule has 0 saturated heterocycles. The molecule has 0 radical (unpaired) electrons. The number of benzene rings is 1. The van der Waals surface area contributed by atoms with E-state index in [9.17, 15) is 18.8 Å². The Balaban J connectivity index is 1.47. The summed E-state index contributed by atoms with van der Waals surface area (Å²) in [6.07, 6.45) is 9.29. The molecule has 4 atom stereocenters. The molecule has 41 heavy (non-hydrogen) atoms. The fourth-order valence-corrected chi connectivity index (χ4v) is 5.32. The van der Waals surface area contributed by atoms with E-state index in [0.29, 0.717) is 18.1 Å². The summed E-state index contributed by atoms with van der Waals surface area (Å²) in [5, 5.41) is 23.7. The summed E-state index contributed by atoms with van der Waals surface area (Å²) in [5.74, 6) is -1.14. The van der Waals surface area contributed by atoms with E-state index >= 15 is 0 Å². The van der Waals surface area contributed by atoms with Gasteiger partial charge in [-0.25, -0.2) is 13.8 Å². The predicted molar refractivity (Wildman–Crippen MR) is 154 cm³/mol. The van der Waals surface area contributed by atoms with Gasteiger partial charge in [0.2, 0.25) is 11.9 Å². The van der Waals surface area contributed by atoms with Gasteiger partial charge in [0, 0.05) is 25.2 Å². The van der Waals surface area contributed by atoms with Crippen molar-refractivity contribution in [3.63, 3.8) is 0 Å². The molecule has 1 aliphatic rings. The molecular formula is C30H34F2N8O. The molecule has 214 valence electrons. The molecule has 1 aromatic carbocycles. The van der Waals surface area contributed by atoms with Crippen molar-refractivity contribution in [1.29, 1.82) is 10.7 Å². The Kier molecular flexibility index (Phi) is 8.63. The first kappa shape index (κ1) is 29.6. The van der Waals surface area contributed by atoms with Crippen molar-refractivity contribution >= 4 is 29.3 Å². The van der Waals surface area contributed by atoms with Crippen LogP contribution in [0.3, 0.4) is 0 Å². The molecule has 4 unspecified atom stereocenters. The van der Waals surface area contributed by atoms with E-state index in [1.165, 1.54) is 25.3 Å². The van der Waals surface area contributed by atoms with Crippen LogP contribution in [0.2, 0.25) is 0 Å². The average Bonchev–Trinajstić information content (AvgIpc) is 3.36. The molecule has 4 rings (SSSR count). The Morgan fingerprint density at radius 2 is 1.98 bits per heavy atom. The van der Waals surface area contributed by atoms with Crippen molar-refractivity contribution in [2.45, 2.75) is 64.0 Å². The van der Waals surface area contributed by atoms with Crippen LogP contribution in [0.1, 0.15) is 68.8 Å². The Labute approximate surface area is 237 Å². The van der Waals surface area contributed by atoms with E-state index < -0.39 is 22.6 Å². The van der Waals surface area contributed by atoms with Crippen molar-refractivity contribution in [3.05, 3.63) is 76.9 Å². The second-order valence-electron chi connectivity index (χ2n) is 11.1. The van der Waals surface area contributed by atoms with Crippen LogP contribution in [0, 0.1) is 34.3 Å². The first-order valence-corrected chi connectivity index (χ1v) is 13.4. The SMILES string of the molecule is CC(=O)NC1C(C)CC(c2ccncc2Nc2ncc(/C=C\C(=N)c3c(F)cc(C(C)(C)C#N)cc3F)[nH]2)CC1N. The summed E-state index contributed by atoms with van der Waals surface area (Å²) in [5.41, 5.74) is 7.05. The number of nitriles is 1. The number of amides is 1. The Morgan fingerprint density at radius 1 is 1.27 bits per heavy atom. The molecule has 1 amide bonds. The number of aromatic amines is 1. The highest BCUT2D eigenvalue weighted by Gasteiger charge is 2.35. The number of H-pyrrole nitrogens is 1. The monoisotopic (exact) mass is 560 g/mol. The lowest BCUT2D eigenvalue weighted by Crippen LogP contribution is -2.54. The molecular weight excluding hydrogens is 526 g/mol. The fraction of sp³-hybridized carbons (Fsp3) is 0.367. The van der Waals surface area contributed by atoms with E-state index in [4.69, 9.17) is 11.1 Å². The van der Waals surface area contributed by atoms with Gasteiger partial charge in [0.05, 0.1) is 46.5 Å². The summed E-state index contributed by atoms with van der Waals surface area (Å²) in [4.78, 5) is 23.3. The van der Waals surface area contributed by atoms with Gasteiger partial charge in [-0.05, 0) is 80.0 Å². The third kappa shape index (κ3) is 6.66. The van der Waals surface area contributed by atoms with Gasteiger partial charge in [-0.15, -0.1) is 0 Å². The van der Waals surface area contributed by atoms with Gasteiger partial charge in [-0.2, -0.15) is 5.26 Å². The van der Waals surface area contributed by atoms with Crippen LogP contribution in [0.4, 0.5) is 20.4 Å². The van der Waals surface area contributed by atoms with Crippen LogP contribution < -0.4 is 16.4 Å². The molecule has 3 aromatic rings. The second kappa shape index (κ2) is 12.0. The Bertz CT molecular complexity index is 1490. The van der Waals surface area contributed by atoms with Gasteiger partial charge in [0.15, 0.2) is 0 Å². The van der Waals surface area contributed by atoms with Gasteiger partial charge < -0.3 is 26.8 Å². The molecule has 2 heterocycles. The van der Waals surface area contributed by atoms with E-state index in [1.807, 2.05) is 12.1 Å². The predicted octanol–water partition coefficient (Wildman–Crippen LogP) is 5.05.